The maximum absolute atomic E-state index is 5.18. The molecule has 4 aromatic rings. The second kappa shape index (κ2) is 9.08. The fourth-order valence-corrected chi connectivity index (χ4v) is 7.14. The third-order valence-corrected chi connectivity index (χ3v) is 8.56. The second-order valence-corrected chi connectivity index (χ2v) is 11.4. The van der Waals surface area contributed by atoms with E-state index >= 15 is 0 Å². The van der Waals surface area contributed by atoms with E-state index in [-0.39, 0.29) is 0 Å². The average molecular weight is 466 g/mol. The van der Waals surface area contributed by atoms with Crippen LogP contribution in [0.15, 0.2) is 40.5 Å². The molecule has 0 saturated heterocycles. The van der Waals surface area contributed by atoms with Crippen molar-refractivity contribution in [2.75, 3.05) is 12.0 Å². The van der Waals surface area contributed by atoms with E-state index in [2.05, 4.69) is 50.4 Å². The van der Waals surface area contributed by atoms with Crippen LogP contribution in [0.3, 0.4) is 0 Å². The van der Waals surface area contributed by atoms with Gasteiger partial charge in [0.25, 0.3) is 0 Å². The number of pyridine rings is 1. The van der Waals surface area contributed by atoms with Crippen LogP contribution < -0.4 is 0 Å². The summed E-state index contributed by atoms with van der Waals surface area (Å²) >= 11 is 5.28. The van der Waals surface area contributed by atoms with E-state index in [0.29, 0.717) is 5.92 Å². The number of rotatable bonds is 7. The fourth-order valence-electron chi connectivity index (χ4n) is 4.45. The van der Waals surface area contributed by atoms with Crippen molar-refractivity contribution in [1.82, 2.24) is 15.0 Å². The lowest BCUT2D eigenvalue weighted by molar-refractivity contribution is 0.632. The smallest absolute Gasteiger partial charge is 0.189 e. The van der Waals surface area contributed by atoms with Gasteiger partial charge in [0.15, 0.2) is 5.16 Å². The molecule has 160 valence electrons. The van der Waals surface area contributed by atoms with Crippen LogP contribution in [0.25, 0.3) is 20.4 Å². The van der Waals surface area contributed by atoms with Crippen molar-refractivity contribution < 1.29 is 0 Å². The minimum absolute atomic E-state index is 0.621. The highest BCUT2D eigenvalue weighted by Crippen LogP contribution is 2.43. The monoisotopic (exact) mass is 465 g/mol. The van der Waals surface area contributed by atoms with Crippen LogP contribution in [0.5, 0.6) is 0 Å². The highest BCUT2D eigenvalue weighted by Gasteiger charge is 2.25. The number of fused-ring (bicyclic) bond motifs is 5. The number of thiophene rings is 1. The Kier molecular flexibility index (Phi) is 6.22. The summed E-state index contributed by atoms with van der Waals surface area (Å²) in [6.45, 7) is 4.58. The van der Waals surface area contributed by atoms with Crippen LogP contribution in [0.4, 0.5) is 0 Å². The van der Waals surface area contributed by atoms with Crippen molar-refractivity contribution in [3.8, 4) is 0 Å². The third kappa shape index (κ3) is 4.22. The molecule has 6 heteroatoms. The summed E-state index contributed by atoms with van der Waals surface area (Å²) in [6.07, 6.45) is 7.72. The molecule has 0 amide bonds. The van der Waals surface area contributed by atoms with Gasteiger partial charge in [-0.15, -0.1) is 23.1 Å². The van der Waals surface area contributed by atoms with Gasteiger partial charge in [0.05, 0.1) is 10.2 Å². The number of hydrogen-bond acceptors (Lipinski definition) is 6. The summed E-state index contributed by atoms with van der Waals surface area (Å²) in [4.78, 5) is 16.2. The van der Waals surface area contributed by atoms with E-state index in [9.17, 15) is 0 Å². The fraction of sp³-hybridized carbons (Fsp3) is 0.400. The van der Waals surface area contributed by atoms with Crippen LogP contribution in [-0.2, 0) is 25.7 Å². The molecular formula is C25H27N3S3. The summed E-state index contributed by atoms with van der Waals surface area (Å²) in [6, 6.07) is 10.7. The Morgan fingerprint density at radius 3 is 2.61 bits per heavy atom. The topological polar surface area (TPSA) is 38.7 Å². The van der Waals surface area contributed by atoms with Gasteiger partial charge in [-0.1, -0.05) is 55.9 Å². The van der Waals surface area contributed by atoms with E-state index in [1.54, 1.807) is 23.1 Å². The summed E-state index contributed by atoms with van der Waals surface area (Å²) in [5.41, 5.74) is 6.84. The first kappa shape index (κ1) is 21.2. The van der Waals surface area contributed by atoms with Crippen LogP contribution in [0.2, 0.25) is 0 Å². The first-order chi connectivity index (χ1) is 15.1. The lowest BCUT2D eigenvalue weighted by atomic mass is 9.99. The SMILES string of the molecule is CSc1nc(SCCc2ccccc2)c2sc3nc(CC(C)C)c4c(c3c2n1)CCC4. The predicted molar refractivity (Wildman–Crippen MR) is 136 cm³/mol. The average Bonchev–Trinajstić information content (AvgIpc) is 3.38. The van der Waals surface area contributed by atoms with Gasteiger partial charge in [-0.05, 0) is 61.0 Å². The molecular weight excluding hydrogens is 438 g/mol. The summed E-state index contributed by atoms with van der Waals surface area (Å²) in [5.74, 6) is 1.64. The van der Waals surface area contributed by atoms with E-state index in [1.807, 2.05) is 11.8 Å². The Hall–Kier alpha value is -1.63. The first-order valence-electron chi connectivity index (χ1n) is 11.0. The Bertz CT molecular complexity index is 1230. The molecule has 0 unspecified atom stereocenters. The summed E-state index contributed by atoms with van der Waals surface area (Å²) < 4.78 is 1.22. The van der Waals surface area contributed by atoms with Crippen LogP contribution >= 0.6 is 34.9 Å². The Balaban J connectivity index is 1.59. The van der Waals surface area contributed by atoms with E-state index in [4.69, 9.17) is 15.0 Å². The lowest BCUT2D eigenvalue weighted by Gasteiger charge is -2.11. The molecule has 0 radical (unpaired) electrons. The highest BCUT2D eigenvalue weighted by molar-refractivity contribution is 7.99. The molecule has 3 heterocycles. The van der Waals surface area contributed by atoms with Crippen molar-refractivity contribution in [3.05, 3.63) is 52.7 Å². The van der Waals surface area contributed by atoms with Gasteiger partial charge in [0, 0.05) is 16.8 Å². The number of aryl methyl sites for hydroxylation is 2. The Morgan fingerprint density at radius 1 is 1.03 bits per heavy atom. The number of hydrogen-bond donors (Lipinski definition) is 0. The molecule has 3 aromatic heterocycles. The lowest BCUT2D eigenvalue weighted by Crippen LogP contribution is -2.03. The van der Waals surface area contributed by atoms with Gasteiger partial charge in [-0.3, -0.25) is 0 Å². The molecule has 0 spiro atoms. The van der Waals surface area contributed by atoms with Gasteiger partial charge in [-0.2, -0.15) is 0 Å². The predicted octanol–water partition coefficient (Wildman–Crippen LogP) is 6.98. The quantitative estimate of drug-likeness (QED) is 0.167. The standard InChI is InChI=1S/C25H27N3S3/c1-15(2)14-19-17-10-7-11-18(17)20-21-22(31-23(20)26-19)24(28-25(27-21)29-3)30-13-12-16-8-5-4-6-9-16/h4-6,8-9,15H,7,10-14H2,1-3H3. The summed E-state index contributed by atoms with van der Waals surface area (Å²) in [5, 5.41) is 3.29. The normalized spacial score (nSPS) is 13.5. The van der Waals surface area contributed by atoms with E-state index in [1.165, 1.54) is 38.9 Å². The zero-order valence-corrected chi connectivity index (χ0v) is 20.7. The maximum Gasteiger partial charge on any atom is 0.189 e. The number of nitrogens with zero attached hydrogens (tertiary/aromatic N) is 3. The van der Waals surface area contributed by atoms with Crippen molar-refractivity contribution in [2.45, 2.75) is 56.1 Å². The minimum atomic E-state index is 0.621. The minimum Gasteiger partial charge on any atom is -0.242 e. The molecule has 1 aliphatic rings. The van der Waals surface area contributed by atoms with Gasteiger partial charge in [-0.25, -0.2) is 15.0 Å². The highest BCUT2D eigenvalue weighted by atomic mass is 32.2. The second-order valence-electron chi connectivity index (χ2n) is 8.53. The molecule has 0 N–H and O–H groups in total. The molecule has 31 heavy (non-hydrogen) atoms. The van der Waals surface area contributed by atoms with E-state index in [0.717, 1.165) is 52.0 Å². The molecule has 5 rings (SSSR count). The zero-order chi connectivity index (χ0) is 21.4. The molecule has 0 saturated carbocycles. The van der Waals surface area contributed by atoms with Gasteiger partial charge in [0.2, 0.25) is 0 Å². The molecule has 0 aliphatic heterocycles. The van der Waals surface area contributed by atoms with Crippen molar-refractivity contribution in [2.24, 2.45) is 5.92 Å². The molecule has 0 atom stereocenters. The molecule has 3 nitrogen and oxygen atoms in total. The molecule has 0 fully saturated rings. The number of aromatic nitrogens is 3. The largest absolute Gasteiger partial charge is 0.242 e. The molecule has 0 bridgehead atoms. The summed E-state index contributed by atoms with van der Waals surface area (Å²) in [7, 11) is 0. The Labute approximate surface area is 196 Å². The third-order valence-electron chi connectivity index (χ3n) is 5.82. The van der Waals surface area contributed by atoms with E-state index < -0.39 is 0 Å². The van der Waals surface area contributed by atoms with Crippen LogP contribution in [-0.4, -0.2) is 27.0 Å². The number of benzene rings is 1. The molecule has 1 aromatic carbocycles. The van der Waals surface area contributed by atoms with Gasteiger partial charge < -0.3 is 0 Å². The van der Waals surface area contributed by atoms with Crippen molar-refractivity contribution >= 4 is 55.3 Å². The molecule has 1 aliphatic carbocycles. The van der Waals surface area contributed by atoms with Gasteiger partial charge in [0.1, 0.15) is 9.86 Å². The Morgan fingerprint density at radius 2 is 1.84 bits per heavy atom. The van der Waals surface area contributed by atoms with Gasteiger partial charge >= 0.3 is 0 Å². The van der Waals surface area contributed by atoms with Crippen molar-refractivity contribution in [1.29, 1.82) is 0 Å². The first-order valence-corrected chi connectivity index (χ1v) is 14.0. The zero-order valence-electron chi connectivity index (χ0n) is 18.3. The van der Waals surface area contributed by atoms with Crippen molar-refractivity contribution in [3.63, 3.8) is 0 Å². The number of thioether (sulfide) groups is 2. The van der Waals surface area contributed by atoms with Crippen LogP contribution in [0.1, 0.15) is 42.7 Å². The maximum atomic E-state index is 5.18. The van der Waals surface area contributed by atoms with Crippen LogP contribution in [0, 0.1) is 5.92 Å².